The normalized spacial score (nSPS) is 10.3. The minimum absolute atomic E-state index is 0.0447. The Balaban J connectivity index is 0.00000141. The van der Waals surface area contributed by atoms with Gasteiger partial charge >= 0.3 is 0 Å². The Morgan fingerprint density at radius 1 is 1.00 bits per heavy atom. The molecular weight excluding hydrogens is 392 g/mol. The van der Waals surface area contributed by atoms with Crippen LogP contribution in [0.15, 0.2) is 53.4 Å². The fourth-order valence-electron chi connectivity index (χ4n) is 2.83. The van der Waals surface area contributed by atoms with E-state index >= 15 is 0 Å². The van der Waals surface area contributed by atoms with E-state index in [1.807, 2.05) is 54.8 Å². The fourth-order valence-corrected chi connectivity index (χ4v) is 3.43. The van der Waals surface area contributed by atoms with Crippen molar-refractivity contribution >= 4 is 17.7 Å². The van der Waals surface area contributed by atoms with E-state index in [0.29, 0.717) is 6.54 Å². The first kappa shape index (κ1) is 26.1. The van der Waals surface area contributed by atoms with Crippen LogP contribution in [0.3, 0.4) is 0 Å². The molecule has 2 rings (SSSR count). The number of ether oxygens (including phenoxy) is 1. The topological polar surface area (TPSA) is 41.6 Å². The first-order valence-electron chi connectivity index (χ1n) is 10.9. The molecule has 1 N–H and O–H groups in total. The van der Waals surface area contributed by atoms with Gasteiger partial charge in [0.2, 0.25) is 0 Å². The maximum atomic E-state index is 12.4. The SMILES string of the molecule is CCC.CCN(CC)CCCOc1ccc(CNC(=O)c2ccccc2SC)cc1. The molecule has 2 aromatic rings. The summed E-state index contributed by atoms with van der Waals surface area (Å²) in [6, 6.07) is 15.6. The Bertz CT molecular complexity index is 715. The summed E-state index contributed by atoms with van der Waals surface area (Å²) in [5.41, 5.74) is 1.78. The lowest BCUT2D eigenvalue weighted by Crippen LogP contribution is -2.25. The lowest BCUT2D eigenvalue weighted by atomic mass is 10.2. The van der Waals surface area contributed by atoms with Gasteiger partial charge in [0.1, 0.15) is 5.75 Å². The van der Waals surface area contributed by atoms with E-state index in [2.05, 4.69) is 37.9 Å². The number of nitrogens with zero attached hydrogens (tertiary/aromatic N) is 1. The third kappa shape index (κ3) is 9.68. The molecule has 30 heavy (non-hydrogen) atoms. The molecule has 0 bridgehead atoms. The summed E-state index contributed by atoms with van der Waals surface area (Å²) >= 11 is 1.58. The summed E-state index contributed by atoms with van der Waals surface area (Å²) in [5, 5.41) is 2.99. The van der Waals surface area contributed by atoms with Gasteiger partial charge < -0.3 is 15.0 Å². The van der Waals surface area contributed by atoms with Crippen molar-refractivity contribution in [3.8, 4) is 5.75 Å². The number of thioether (sulfide) groups is 1. The molecule has 0 atom stereocenters. The van der Waals surface area contributed by atoms with E-state index in [9.17, 15) is 4.79 Å². The monoisotopic (exact) mass is 430 g/mol. The van der Waals surface area contributed by atoms with Gasteiger partial charge in [-0.2, -0.15) is 0 Å². The molecule has 0 fully saturated rings. The number of carbonyl (C=O) groups is 1. The van der Waals surface area contributed by atoms with Gasteiger partial charge in [-0.1, -0.05) is 58.4 Å². The Morgan fingerprint density at radius 3 is 2.23 bits per heavy atom. The van der Waals surface area contributed by atoms with E-state index in [-0.39, 0.29) is 5.91 Å². The predicted octanol–water partition coefficient (Wildman–Crippen LogP) is 5.87. The second kappa shape index (κ2) is 15.8. The quantitative estimate of drug-likeness (QED) is 0.358. The third-order valence-electron chi connectivity index (χ3n) is 4.51. The third-order valence-corrected chi connectivity index (χ3v) is 5.31. The van der Waals surface area contributed by atoms with Gasteiger partial charge in [-0.3, -0.25) is 4.79 Å². The second-order valence-electron chi connectivity index (χ2n) is 6.96. The molecule has 0 saturated heterocycles. The molecule has 0 spiro atoms. The van der Waals surface area contributed by atoms with Gasteiger partial charge in [0, 0.05) is 18.0 Å². The second-order valence-corrected chi connectivity index (χ2v) is 7.81. The standard InChI is InChI=1S/C22H30N2O2S.C3H8/c1-4-24(5-2)15-8-16-26-19-13-11-18(12-14-19)17-23-22(25)20-9-6-7-10-21(20)27-3;1-3-2/h6-7,9-14H,4-5,8,15-17H2,1-3H3,(H,23,25);3H2,1-2H3. The fraction of sp³-hybridized carbons (Fsp3) is 0.480. The van der Waals surface area contributed by atoms with Gasteiger partial charge in [0.15, 0.2) is 0 Å². The molecule has 0 saturated carbocycles. The number of benzene rings is 2. The van der Waals surface area contributed by atoms with Crippen LogP contribution in [0.1, 0.15) is 56.5 Å². The van der Waals surface area contributed by atoms with Crippen LogP contribution < -0.4 is 10.1 Å². The molecular formula is C25H38N2O2S. The van der Waals surface area contributed by atoms with Crippen LogP contribution in [-0.4, -0.2) is 43.3 Å². The number of rotatable bonds is 11. The summed E-state index contributed by atoms with van der Waals surface area (Å²) < 4.78 is 5.81. The molecule has 4 nitrogen and oxygen atoms in total. The minimum atomic E-state index is -0.0447. The summed E-state index contributed by atoms with van der Waals surface area (Å²) in [6.07, 6.45) is 4.25. The Morgan fingerprint density at radius 2 is 1.63 bits per heavy atom. The molecule has 0 aliphatic rings. The molecule has 0 heterocycles. The average Bonchev–Trinajstić information content (AvgIpc) is 2.79. The highest BCUT2D eigenvalue weighted by Gasteiger charge is 2.09. The zero-order valence-corrected chi connectivity index (χ0v) is 20.1. The predicted molar refractivity (Wildman–Crippen MR) is 130 cm³/mol. The molecule has 2 aromatic carbocycles. The minimum Gasteiger partial charge on any atom is -0.494 e. The zero-order valence-electron chi connectivity index (χ0n) is 19.2. The highest BCUT2D eigenvalue weighted by Crippen LogP contribution is 2.20. The molecule has 0 aliphatic carbocycles. The van der Waals surface area contributed by atoms with Crippen molar-refractivity contribution in [2.45, 2.75) is 52.0 Å². The first-order valence-corrected chi connectivity index (χ1v) is 12.2. The Hall–Kier alpha value is -1.98. The van der Waals surface area contributed by atoms with Gasteiger partial charge in [-0.15, -0.1) is 11.8 Å². The van der Waals surface area contributed by atoms with Crippen molar-refractivity contribution in [3.05, 3.63) is 59.7 Å². The summed E-state index contributed by atoms with van der Waals surface area (Å²) in [5.74, 6) is 0.828. The van der Waals surface area contributed by atoms with E-state index in [0.717, 1.165) is 54.4 Å². The number of hydrogen-bond acceptors (Lipinski definition) is 4. The number of nitrogens with one attached hydrogen (secondary N) is 1. The van der Waals surface area contributed by atoms with Crippen LogP contribution in [0.2, 0.25) is 0 Å². The number of amides is 1. The van der Waals surface area contributed by atoms with E-state index in [1.165, 1.54) is 6.42 Å². The van der Waals surface area contributed by atoms with Crippen LogP contribution in [0, 0.1) is 0 Å². The maximum absolute atomic E-state index is 12.4. The Labute approximate surface area is 187 Å². The molecule has 0 radical (unpaired) electrons. The van der Waals surface area contributed by atoms with Gasteiger partial charge in [-0.25, -0.2) is 0 Å². The lowest BCUT2D eigenvalue weighted by molar-refractivity contribution is 0.0948. The van der Waals surface area contributed by atoms with E-state index < -0.39 is 0 Å². The van der Waals surface area contributed by atoms with Crippen LogP contribution in [-0.2, 0) is 6.54 Å². The molecule has 1 amide bonds. The summed E-state index contributed by atoms with van der Waals surface area (Å²) in [4.78, 5) is 15.8. The lowest BCUT2D eigenvalue weighted by Gasteiger charge is -2.17. The number of hydrogen-bond donors (Lipinski definition) is 1. The first-order chi connectivity index (χ1) is 14.6. The molecule has 0 aliphatic heterocycles. The molecule has 166 valence electrons. The van der Waals surface area contributed by atoms with E-state index in [1.54, 1.807) is 11.8 Å². The highest BCUT2D eigenvalue weighted by atomic mass is 32.2. The smallest absolute Gasteiger partial charge is 0.252 e. The highest BCUT2D eigenvalue weighted by molar-refractivity contribution is 7.98. The number of carbonyl (C=O) groups excluding carboxylic acids is 1. The molecule has 0 unspecified atom stereocenters. The zero-order chi connectivity index (χ0) is 22.2. The van der Waals surface area contributed by atoms with Crippen molar-refractivity contribution < 1.29 is 9.53 Å². The van der Waals surface area contributed by atoms with Gasteiger partial charge in [0.05, 0.1) is 12.2 Å². The molecule has 5 heteroatoms. The van der Waals surface area contributed by atoms with Crippen LogP contribution >= 0.6 is 11.8 Å². The van der Waals surface area contributed by atoms with Gasteiger partial charge in [0.25, 0.3) is 5.91 Å². The van der Waals surface area contributed by atoms with Crippen molar-refractivity contribution in [1.29, 1.82) is 0 Å². The summed E-state index contributed by atoms with van der Waals surface area (Å²) in [6.45, 7) is 13.1. The van der Waals surface area contributed by atoms with Gasteiger partial charge in [-0.05, 0) is 55.6 Å². The van der Waals surface area contributed by atoms with Crippen LogP contribution in [0.5, 0.6) is 5.75 Å². The van der Waals surface area contributed by atoms with Crippen molar-refractivity contribution in [2.75, 3.05) is 32.5 Å². The van der Waals surface area contributed by atoms with Crippen molar-refractivity contribution in [2.24, 2.45) is 0 Å². The molecule has 0 aromatic heterocycles. The van der Waals surface area contributed by atoms with Crippen LogP contribution in [0.25, 0.3) is 0 Å². The largest absolute Gasteiger partial charge is 0.494 e. The Kier molecular flexibility index (Phi) is 13.7. The van der Waals surface area contributed by atoms with E-state index in [4.69, 9.17) is 4.74 Å². The van der Waals surface area contributed by atoms with Crippen molar-refractivity contribution in [3.63, 3.8) is 0 Å². The maximum Gasteiger partial charge on any atom is 0.252 e. The van der Waals surface area contributed by atoms with Crippen molar-refractivity contribution in [1.82, 2.24) is 10.2 Å². The summed E-state index contributed by atoms with van der Waals surface area (Å²) in [7, 11) is 0. The van der Waals surface area contributed by atoms with Crippen LogP contribution in [0.4, 0.5) is 0 Å². The average molecular weight is 431 g/mol.